The van der Waals surface area contributed by atoms with E-state index in [-0.39, 0.29) is 0 Å². The summed E-state index contributed by atoms with van der Waals surface area (Å²) in [6, 6.07) is 2.50. The van der Waals surface area contributed by atoms with E-state index in [0.29, 0.717) is 17.9 Å². The highest BCUT2D eigenvalue weighted by atomic mass is 15.2. The number of aromatic amines is 1. The quantitative estimate of drug-likeness (QED) is 0.557. The Morgan fingerprint density at radius 2 is 1.93 bits per heavy atom. The zero-order chi connectivity index (χ0) is 18.5. The van der Waals surface area contributed by atoms with E-state index in [1.807, 2.05) is 35.4 Å². The van der Waals surface area contributed by atoms with Gasteiger partial charge in [0.25, 0.3) is 0 Å². The molecule has 0 bridgehead atoms. The summed E-state index contributed by atoms with van der Waals surface area (Å²) in [5.74, 6) is 1.34. The summed E-state index contributed by atoms with van der Waals surface area (Å²) in [5, 5.41) is 8.94. The van der Waals surface area contributed by atoms with Gasteiger partial charge in [0.15, 0.2) is 5.65 Å². The van der Waals surface area contributed by atoms with E-state index in [4.69, 9.17) is 9.97 Å². The van der Waals surface area contributed by atoms with E-state index in [1.165, 1.54) is 50.5 Å². The first-order chi connectivity index (χ1) is 13.8. The van der Waals surface area contributed by atoms with Gasteiger partial charge >= 0.3 is 0 Å². The molecule has 2 fully saturated rings. The van der Waals surface area contributed by atoms with E-state index in [2.05, 4.69) is 20.4 Å². The number of hydrogen-bond acceptors (Lipinski definition) is 5. The largest absolute Gasteiger partial charge is 0.351 e. The van der Waals surface area contributed by atoms with Crippen LogP contribution in [0.1, 0.15) is 56.4 Å². The van der Waals surface area contributed by atoms with Crippen LogP contribution in [0.25, 0.3) is 27.9 Å². The molecule has 7 heteroatoms. The zero-order valence-electron chi connectivity index (χ0n) is 15.7. The van der Waals surface area contributed by atoms with Crippen LogP contribution in [-0.4, -0.2) is 35.6 Å². The number of aromatic nitrogens is 6. The molecule has 0 amide bonds. The van der Waals surface area contributed by atoms with Gasteiger partial charge in [0.2, 0.25) is 5.95 Å². The van der Waals surface area contributed by atoms with Gasteiger partial charge in [-0.15, -0.1) is 0 Å². The average Bonchev–Trinajstić information content (AvgIpc) is 3.35. The second-order valence-corrected chi connectivity index (χ2v) is 8.09. The molecule has 0 aliphatic heterocycles. The summed E-state index contributed by atoms with van der Waals surface area (Å²) in [4.78, 5) is 17.5. The van der Waals surface area contributed by atoms with Gasteiger partial charge < -0.3 is 10.3 Å². The molecule has 4 aromatic rings. The maximum Gasteiger partial charge on any atom is 0.224 e. The van der Waals surface area contributed by atoms with Crippen LogP contribution in [0, 0.1) is 0 Å². The molecule has 4 heterocycles. The van der Waals surface area contributed by atoms with Crippen LogP contribution in [0.15, 0.2) is 30.9 Å². The second kappa shape index (κ2) is 6.29. The number of hydrogen-bond donors (Lipinski definition) is 2. The molecule has 0 unspecified atom stereocenters. The van der Waals surface area contributed by atoms with Gasteiger partial charge in [-0.25, -0.2) is 14.5 Å². The zero-order valence-corrected chi connectivity index (χ0v) is 15.7. The minimum Gasteiger partial charge on any atom is -0.351 e. The molecule has 142 valence electrons. The summed E-state index contributed by atoms with van der Waals surface area (Å²) in [5.41, 5.74) is 5.03. The average molecular weight is 373 g/mol. The van der Waals surface area contributed by atoms with Crippen molar-refractivity contribution in [1.82, 2.24) is 29.5 Å². The molecule has 0 saturated heterocycles. The molecule has 2 aliphatic rings. The highest BCUT2D eigenvalue weighted by Gasteiger charge is 2.27. The fraction of sp³-hybridized carbons (Fsp3) is 0.429. The van der Waals surface area contributed by atoms with E-state index in [1.54, 1.807) is 0 Å². The van der Waals surface area contributed by atoms with Crippen molar-refractivity contribution in [2.24, 2.45) is 0 Å². The molecular weight excluding hydrogens is 350 g/mol. The Hall–Kier alpha value is -2.96. The molecule has 7 nitrogen and oxygen atoms in total. The number of rotatable bonds is 4. The lowest BCUT2D eigenvalue weighted by molar-refractivity contribution is 0.461. The van der Waals surface area contributed by atoms with E-state index >= 15 is 0 Å². The molecule has 0 radical (unpaired) electrons. The highest BCUT2D eigenvalue weighted by molar-refractivity contribution is 5.92. The topological polar surface area (TPSA) is 83.8 Å². The number of anilines is 1. The maximum absolute atomic E-state index is 4.91. The molecule has 0 atom stereocenters. The summed E-state index contributed by atoms with van der Waals surface area (Å²) in [6.45, 7) is 0. The Kier molecular flexibility index (Phi) is 3.60. The fourth-order valence-electron chi connectivity index (χ4n) is 4.34. The minimum absolute atomic E-state index is 0.493. The van der Waals surface area contributed by atoms with Gasteiger partial charge in [0.1, 0.15) is 5.65 Å². The van der Waals surface area contributed by atoms with E-state index < -0.39 is 0 Å². The van der Waals surface area contributed by atoms with Crippen LogP contribution >= 0.6 is 0 Å². The van der Waals surface area contributed by atoms with Crippen LogP contribution < -0.4 is 5.32 Å². The smallest absolute Gasteiger partial charge is 0.224 e. The second-order valence-electron chi connectivity index (χ2n) is 8.09. The number of fused-ring (bicyclic) bond motifs is 2. The third-order valence-electron chi connectivity index (χ3n) is 6.06. The number of nitrogens with one attached hydrogen (secondary N) is 2. The van der Waals surface area contributed by atoms with Gasteiger partial charge in [0.05, 0.1) is 11.9 Å². The molecule has 28 heavy (non-hydrogen) atoms. The summed E-state index contributed by atoms with van der Waals surface area (Å²) in [7, 11) is 0. The summed E-state index contributed by atoms with van der Waals surface area (Å²) in [6.07, 6.45) is 16.7. The van der Waals surface area contributed by atoms with E-state index in [0.717, 1.165) is 27.9 Å². The molecule has 0 spiro atoms. The van der Waals surface area contributed by atoms with Crippen molar-refractivity contribution in [3.63, 3.8) is 0 Å². The van der Waals surface area contributed by atoms with Crippen LogP contribution in [0.5, 0.6) is 0 Å². The fourth-order valence-corrected chi connectivity index (χ4v) is 4.34. The SMILES string of the molecule is c1cn2ncc(C3CC3)c2nc1-c1c[nH]c2nc(NC3CCCCC3)ncc12. The molecule has 2 aliphatic carbocycles. The monoisotopic (exact) mass is 373 g/mol. The maximum atomic E-state index is 4.91. The first kappa shape index (κ1) is 16.0. The third-order valence-corrected chi connectivity index (χ3v) is 6.06. The molecule has 6 rings (SSSR count). The molecular formula is C21H23N7. The highest BCUT2D eigenvalue weighted by Crippen LogP contribution is 2.41. The molecule has 0 aromatic carbocycles. The summed E-state index contributed by atoms with van der Waals surface area (Å²) < 4.78 is 1.87. The minimum atomic E-state index is 0.493. The van der Waals surface area contributed by atoms with Crippen molar-refractivity contribution in [2.45, 2.75) is 56.9 Å². The van der Waals surface area contributed by atoms with Crippen molar-refractivity contribution in [3.05, 3.63) is 36.4 Å². The summed E-state index contributed by atoms with van der Waals surface area (Å²) >= 11 is 0. The Morgan fingerprint density at radius 1 is 1.04 bits per heavy atom. The van der Waals surface area contributed by atoms with Crippen molar-refractivity contribution in [2.75, 3.05) is 5.32 Å². The van der Waals surface area contributed by atoms with Gasteiger partial charge in [-0.05, 0) is 37.7 Å². The van der Waals surface area contributed by atoms with Crippen molar-refractivity contribution in [1.29, 1.82) is 0 Å². The Labute approximate surface area is 162 Å². The van der Waals surface area contributed by atoms with E-state index in [9.17, 15) is 0 Å². The van der Waals surface area contributed by atoms with Gasteiger partial charge in [-0.2, -0.15) is 10.1 Å². The van der Waals surface area contributed by atoms with Gasteiger partial charge in [-0.1, -0.05) is 19.3 Å². The van der Waals surface area contributed by atoms with Crippen LogP contribution in [0.2, 0.25) is 0 Å². The van der Waals surface area contributed by atoms with Crippen molar-refractivity contribution >= 4 is 22.6 Å². The van der Waals surface area contributed by atoms with Crippen molar-refractivity contribution in [3.8, 4) is 11.3 Å². The lowest BCUT2D eigenvalue weighted by atomic mass is 9.96. The molecule has 4 aromatic heterocycles. The first-order valence-electron chi connectivity index (χ1n) is 10.3. The Morgan fingerprint density at radius 3 is 2.79 bits per heavy atom. The lowest BCUT2D eigenvalue weighted by Gasteiger charge is -2.22. The van der Waals surface area contributed by atoms with Crippen LogP contribution in [0.4, 0.5) is 5.95 Å². The standard InChI is InChI=1S/C21H23N7/c1-2-4-14(5-3-1)25-21-23-11-17-16(10-22-19(17)27-21)18-8-9-28-20(26-18)15(12-24-28)13-6-7-13/h8-14H,1-7H2,(H2,22,23,25,27). The number of H-pyrrole nitrogens is 1. The normalized spacial score (nSPS) is 18.1. The Bertz CT molecular complexity index is 1150. The van der Waals surface area contributed by atoms with Crippen LogP contribution in [-0.2, 0) is 0 Å². The first-order valence-corrected chi connectivity index (χ1v) is 10.3. The predicted octanol–water partition coefficient (Wildman–Crippen LogP) is 4.29. The van der Waals surface area contributed by atoms with Crippen molar-refractivity contribution < 1.29 is 0 Å². The molecule has 2 N–H and O–H groups in total. The van der Waals surface area contributed by atoms with Gasteiger partial charge in [0, 0.05) is 41.1 Å². The lowest BCUT2D eigenvalue weighted by Crippen LogP contribution is -2.23. The Balaban J connectivity index is 1.35. The number of nitrogens with zero attached hydrogens (tertiary/aromatic N) is 5. The third kappa shape index (κ3) is 2.73. The van der Waals surface area contributed by atoms with Gasteiger partial charge in [-0.3, -0.25) is 0 Å². The predicted molar refractivity (Wildman–Crippen MR) is 108 cm³/mol. The molecule has 2 saturated carbocycles. The van der Waals surface area contributed by atoms with Crippen LogP contribution in [0.3, 0.4) is 0 Å².